The van der Waals surface area contributed by atoms with Gasteiger partial charge in [-0.25, -0.2) is 5.43 Å². The summed E-state index contributed by atoms with van der Waals surface area (Å²) in [6, 6.07) is 9.96. The third-order valence-electron chi connectivity index (χ3n) is 3.70. The molecule has 0 saturated carbocycles. The molecule has 2 N–H and O–H groups in total. The molecule has 0 aromatic heterocycles. The zero-order valence-electron chi connectivity index (χ0n) is 16.6. The van der Waals surface area contributed by atoms with Gasteiger partial charge >= 0.3 is 11.8 Å². The highest BCUT2D eigenvalue weighted by molar-refractivity contribution is 6.39. The molecule has 0 aliphatic heterocycles. The number of methoxy groups -OCH3 is 3. The van der Waals surface area contributed by atoms with Gasteiger partial charge < -0.3 is 24.3 Å². The Bertz CT molecular complexity index is 855. The maximum atomic E-state index is 12.0. The van der Waals surface area contributed by atoms with E-state index in [0.717, 1.165) is 0 Å². The number of amides is 2. The van der Waals surface area contributed by atoms with E-state index < -0.39 is 11.8 Å². The van der Waals surface area contributed by atoms with Gasteiger partial charge in [0.1, 0.15) is 5.75 Å². The van der Waals surface area contributed by atoms with E-state index >= 15 is 0 Å². The number of nitrogens with zero attached hydrogens (tertiary/aromatic N) is 1. The highest BCUT2D eigenvalue weighted by atomic mass is 16.5. The molecule has 0 atom stereocenters. The lowest BCUT2D eigenvalue weighted by Gasteiger charge is -2.12. The molecule has 2 amide bonds. The first-order chi connectivity index (χ1) is 14.0. The number of hydrazone groups is 1. The average Bonchev–Trinajstić information content (AvgIpc) is 2.74. The fourth-order valence-electron chi connectivity index (χ4n) is 2.38. The summed E-state index contributed by atoms with van der Waals surface area (Å²) in [7, 11) is 4.48. The second-order valence-corrected chi connectivity index (χ2v) is 5.57. The summed E-state index contributed by atoms with van der Waals surface area (Å²) in [5.74, 6) is 0.218. The van der Waals surface area contributed by atoms with E-state index in [1.807, 2.05) is 6.92 Å². The van der Waals surface area contributed by atoms with Gasteiger partial charge in [-0.1, -0.05) is 0 Å². The Kier molecular flexibility index (Phi) is 7.84. The number of benzene rings is 2. The van der Waals surface area contributed by atoms with Crippen molar-refractivity contribution < 1.29 is 28.5 Å². The summed E-state index contributed by atoms with van der Waals surface area (Å²) in [5, 5.41) is 6.27. The van der Waals surface area contributed by atoms with Crippen molar-refractivity contribution in [2.24, 2.45) is 5.10 Å². The minimum absolute atomic E-state index is 0.436. The molecule has 0 unspecified atom stereocenters. The molecule has 0 saturated heterocycles. The van der Waals surface area contributed by atoms with Crippen molar-refractivity contribution >= 4 is 23.7 Å². The summed E-state index contributed by atoms with van der Waals surface area (Å²) in [6.07, 6.45) is 1.35. The zero-order chi connectivity index (χ0) is 21.2. The van der Waals surface area contributed by atoms with Gasteiger partial charge in [0, 0.05) is 11.3 Å². The van der Waals surface area contributed by atoms with Gasteiger partial charge in [0.2, 0.25) is 5.75 Å². The molecule has 2 aromatic rings. The van der Waals surface area contributed by atoms with Crippen LogP contribution in [0.2, 0.25) is 0 Å². The lowest BCUT2D eigenvalue weighted by atomic mass is 10.2. The fourth-order valence-corrected chi connectivity index (χ4v) is 2.38. The molecule has 9 nitrogen and oxygen atoms in total. The third-order valence-corrected chi connectivity index (χ3v) is 3.70. The first kappa shape index (κ1) is 21.5. The predicted molar refractivity (Wildman–Crippen MR) is 108 cm³/mol. The molecule has 2 aromatic carbocycles. The number of hydrogen-bond donors (Lipinski definition) is 2. The molecule has 0 aliphatic carbocycles. The van der Waals surface area contributed by atoms with Crippen molar-refractivity contribution in [3.05, 3.63) is 42.0 Å². The van der Waals surface area contributed by atoms with Crippen LogP contribution in [0, 0.1) is 0 Å². The Morgan fingerprint density at radius 3 is 2.10 bits per heavy atom. The quantitative estimate of drug-likeness (QED) is 0.399. The lowest BCUT2D eigenvalue weighted by Crippen LogP contribution is -2.32. The largest absolute Gasteiger partial charge is 0.494 e. The molecule has 0 radical (unpaired) electrons. The molecular weight excluding hydrogens is 378 g/mol. The van der Waals surface area contributed by atoms with Crippen molar-refractivity contribution in [3.8, 4) is 23.0 Å². The monoisotopic (exact) mass is 401 g/mol. The molecular formula is C20H23N3O6. The molecule has 0 bridgehead atoms. The van der Waals surface area contributed by atoms with Crippen LogP contribution in [0.4, 0.5) is 5.69 Å². The van der Waals surface area contributed by atoms with Gasteiger partial charge in [0.25, 0.3) is 0 Å². The van der Waals surface area contributed by atoms with E-state index in [-0.39, 0.29) is 0 Å². The van der Waals surface area contributed by atoms with Crippen LogP contribution in [0.1, 0.15) is 12.5 Å². The van der Waals surface area contributed by atoms with E-state index in [9.17, 15) is 9.59 Å². The smallest absolute Gasteiger partial charge is 0.329 e. The van der Waals surface area contributed by atoms with E-state index in [1.165, 1.54) is 27.5 Å². The minimum atomic E-state index is -0.914. The first-order valence-corrected chi connectivity index (χ1v) is 8.69. The number of nitrogens with one attached hydrogen (secondary N) is 2. The van der Waals surface area contributed by atoms with Crippen molar-refractivity contribution in [2.45, 2.75) is 6.92 Å². The van der Waals surface area contributed by atoms with Crippen molar-refractivity contribution in [1.82, 2.24) is 5.43 Å². The SMILES string of the molecule is CCOc1ccc(NC(=O)C(=O)N/N=C\c2cc(OC)c(OC)c(OC)c2)cc1. The minimum Gasteiger partial charge on any atom is -0.494 e. The summed E-state index contributed by atoms with van der Waals surface area (Å²) in [5.41, 5.74) is 3.20. The summed E-state index contributed by atoms with van der Waals surface area (Å²) < 4.78 is 21.1. The number of carbonyl (C=O) groups excluding carboxylic acids is 2. The van der Waals surface area contributed by atoms with Crippen LogP contribution >= 0.6 is 0 Å². The summed E-state index contributed by atoms with van der Waals surface area (Å²) in [4.78, 5) is 23.9. The van der Waals surface area contributed by atoms with Crippen molar-refractivity contribution in [1.29, 1.82) is 0 Å². The Labute approximate surface area is 168 Å². The van der Waals surface area contributed by atoms with Gasteiger partial charge in [-0.05, 0) is 43.3 Å². The van der Waals surface area contributed by atoms with Gasteiger partial charge in [-0.2, -0.15) is 5.10 Å². The van der Waals surface area contributed by atoms with Crippen LogP contribution in [-0.2, 0) is 9.59 Å². The Hall–Kier alpha value is -3.75. The second kappa shape index (κ2) is 10.5. The highest BCUT2D eigenvalue weighted by Gasteiger charge is 2.14. The standard InChI is InChI=1S/C20H23N3O6/c1-5-29-15-8-6-14(7-9-15)22-19(24)20(25)23-21-12-13-10-16(26-2)18(28-4)17(11-13)27-3/h6-12H,5H2,1-4H3,(H,22,24)(H,23,25)/b21-12-. The van der Waals surface area contributed by atoms with Crippen molar-refractivity contribution in [2.75, 3.05) is 33.3 Å². The van der Waals surface area contributed by atoms with Crippen LogP contribution in [-0.4, -0.2) is 46.0 Å². The van der Waals surface area contributed by atoms with Crippen LogP contribution in [0.15, 0.2) is 41.5 Å². The fraction of sp³-hybridized carbons (Fsp3) is 0.250. The van der Waals surface area contributed by atoms with E-state index in [4.69, 9.17) is 18.9 Å². The van der Waals surface area contributed by atoms with Crippen LogP contribution in [0.25, 0.3) is 0 Å². The third kappa shape index (κ3) is 5.86. The Balaban J connectivity index is 1.98. The number of ether oxygens (including phenoxy) is 4. The maximum absolute atomic E-state index is 12.0. The van der Waals surface area contributed by atoms with Crippen LogP contribution < -0.4 is 29.7 Å². The zero-order valence-corrected chi connectivity index (χ0v) is 16.6. The van der Waals surface area contributed by atoms with E-state index in [1.54, 1.807) is 36.4 Å². The number of anilines is 1. The molecule has 0 aliphatic rings. The van der Waals surface area contributed by atoms with Crippen LogP contribution in [0.5, 0.6) is 23.0 Å². The molecule has 154 valence electrons. The Morgan fingerprint density at radius 2 is 1.59 bits per heavy atom. The van der Waals surface area contributed by atoms with Gasteiger partial charge in [-0.3, -0.25) is 9.59 Å². The number of rotatable bonds is 8. The average molecular weight is 401 g/mol. The van der Waals surface area contributed by atoms with Crippen molar-refractivity contribution in [3.63, 3.8) is 0 Å². The Morgan fingerprint density at radius 1 is 0.966 bits per heavy atom. The molecule has 0 fully saturated rings. The van der Waals surface area contributed by atoms with Gasteiger partial charge in [0.15, 0.2) is 11.5 Å². The van der Waals surface area contributed by atoms with Gasteiger partial charge in [-0.15, -0.1) is 0 Å². The van der Waals surface area contributed by atoms with Crippen LogP contribution in [0.3, 0.4) is 0 Å². The predicted octanol–water partition coefficient (Wildman–Crippen LogP) is 2.20. The highest BCUT2D eigenvalue weighted by Crippen LogP contribution is 2.37. The van der Waals surface area contributed by atoms with E-state index in [2.05, 4.69) is 15.8 Å². The topological polar surface area (TPSA) is 107 Å². The molecule has 0 spiro atoms. The summed E-state index contributed by atoms with van der Waals surface area (Å²) in [6.45, 7) is 2.41. The van der Waals surface area contributed by atoms with E-state index in [0.29, 0.717) is 40.9 Å². The maximum Gasteiger partial charge on any atom is 0.329 e. The first-order valence-electron chi connectivity index (χ1n) is 8.69. The normalized spacial score (nSPS) is 10.3. The molecule has 29 heavy (non-hydrogen) atoms. The molecule has 9 heteroatoms. The molecule has 2 rings (SSSR count). The summed E-state index contributed by atoms with van der Waals surface area (Å²) >= 11 is 0. The lowest BCUT2D eigenvalue weighted by molar-refractivity contribution is -0.136. The number of hydrogen-bond acceptors (Lipinski definition) is 7. The van der Waals surface area contributed by atoms with Gasteiger partial charge in [0.05, 0.1) is 34.2 Å². The number of carbonyl (C=O) groups is 2. The second-order valence-electron chi connectivity index (χ2n) is 5.57. The molecule has 0 heterocycles.